The van der Waals surface area contributed by atoms with Gasteiger partial charge in [0.05, 0.1) is 11.7 Å². The zero-order chi connectivity index (χ0) is 25.9. The number of hydrogen-bond donors (Lipinski definition) is 2. The summed E-state index contributed by atoms with van der Waals surface area (Å²) in [5.41, 5.74) is 4.23. The van der Waals surface area contributed by atoms with Gasteiger partial charge in [0.15, 0.2) is 0 Å². The predicted octanol–water partition coefficient (Wildman–Crippen LogP) is 5.34. The molecule has 37 heavy (non-hydrogen) atoms. The van der Waals surface area contributed by atoms with E-state index in [9.17, 15) is 9.59 Å². The van der Waals surface area contributed by atoms with Crippen LogP contribution in [0.2, 0.25) is 0 Å². The lowest BCUT2D eigenvalue weighted by molar-refractivity contribution is -0.140. The van der Waals surface area contributed by atoms with Crippen LogP contribution in [0.4, 0.5) is 5.69 Å². The number of rotatable bonds is 7. The van der Waals surface area contributed by atoms with Gasteiger partial charge in [0, 0.05) is 47.9 Å². The molecule has 198 valence electrons. The van der Waals surface area contributed by atoms with Gasteiger partial charge < -0.3 is 20.3 Å². The summed E-state index contributed by atoms with van der Waals surface area (Å²) in [4.78, 5) is 33.9. The Balaban J connectivity index is 1.38. The molecule has 3 aliphatic rings. The first-order valence-electron chi connectivity index (χ1n) is 13.3. The van der Waals surface area contributed by atoms with E-state index < -0.39 is 6.04 Å². The number of aromatic nitrogens is 1. The first kappa shape index (κ1) is 26.4. The Bertz CT molecular complexity index is 1160. The third kappa shape index (κ3) is 5.64. The summed E-state index contributed by atoms with van der Waals surface area (Å²) in [5.74, 6) is -0.0461. The van der Waals surface area contributed by atoms with E-state index in [2.05, 4.69) is 50.2 Å². The van der Waals surface area contributed by atoms with E-state index in [1.807, 2.05) is 30.9 Å². The highest BCUT2D eigenvalue weighted by Gasteiger charge is 2.40. The predicted molar refractivity (Wildman–Crippen MR) is 151 cm³/mol. The van der Waals surface area contributed by atoms with Crippen LogP contribution in [0, 0.1) is 11.8 Å². The maximum absolute atomic E-state index is 14.0. The SMILES string of the molecule is CC[C@@H](C)C(=O)N[C@H](C(=O)N1CCC[C@H]1c1nc(C2=CC(Br)Nc3ccccc32)cs1)C1CCOCC1. The Hall–Kier alpha value is -2.23. The number of para-hydroxylation sites is 1. The monoisotopic (exact) mass is 586 g/mol. The number of halogens is 1. The number of amides is 2. The molecule has 1 aromatic carbocycles. The number of ether oxygens (including phenoxy) is 1. The minimum Gasteiger partial charge on any atom is -0.381 e. The van der Waals surface area contributed by atoms with Crippen LogP contribution in [0.5, 0.6) is 0 Å². The number of alkyl halides is 1. The van der Waals surface area contributed by atoms with Gasteiger partial charge in [-0.3, -0.25) is 9.59 Å². The van der Waals surface area contributed by atoms with Crippen molar-refractivity contribution < 1.29 is 14.3 Å². The van der Waals surface area contributed by atoms with E-state index in [1.54, 1.807) is 11.3 Å². The third-order valence-electron chi connectivity index (χ3n) is 7.80. The van der Waals surface area contributed by atoms with Crippen LogP contribution in [0.3, 0.4) is 0 Å². The van der Waals surface area contributed by atoms with Crippen LogP contribution in [0.15, 0.2) is 35.7 Å². The summed E-state index contributed by atoms with van der Waals surface area (Å²) in [7, 11) is 0. The lowest BCUT2D eigenvalue weighted by atomic mass is 9.90. The Morgan fingerprint density at radius 2 is 2.05 bits per heavy atom. The van der Waals surface area contributed by atoms with Crippen LogP contribution < -0.4 is 10.6 Å². The van der Waals surface area contributed by atoms with Gasteiger partial charge in [0.2, 0.25) is 11.8 Å². The minimum absolute atomic E-state index is 0.0229. The van der Waals surface area contributed by atoms with Crippen molar-refractivity contribution in [2.45, 2.75) is 63.0 Å². The van der Waals surface area contributed by atoms with Gasteiger partial charge in [-0.1, -0.05) is 48.0 Å². The molecule has 2 fully saturated rings. The van der Waals surface area contributed by atoms with Crippen molar-refractivity contribution in [2.24, 2.45) is 11.8 Å². The number of fused-ring (bicyclic) bond motifs is 1. The molecule has 3 aliphatic heterocycles. The summed E-state index contributed by atoms with van der Waals surface area (Å²) in [6.07, 6.45) is 6.28. The number of likely N-dealkylation sites (tertiary alicyclic amines) is 1. The number of thiazole rings is 1. The molecule has 0 aliphatic carbocycles. The fourth-order valence-corrected chi connectivity index (χ4v) is 6.91. The largest absolute Gasteiger partial charge is 0.381 e. The number of benzene rings is 1. The Morgan fingerprint density at radius 3 is 2.84 bits per heavy atom. The van der Waals surface area contributed by atoms with Gasteiger partial charge in [0.25, 0.3) is 0 Å². The average Bonchev–Trinajstić information content (AvgIpc) is 3.61. The molecule has 2 amide bonds. The number of carbonyl (C=O) groups excluding carboxylic acids is 2. The molecule has 4 heterocycles. The normalized spacial score (nSPS) is 23.5. The highest BCUT2D eigenvalue weighted by Crippen LogP contribution is 2.39. The topological polar surface area (TPSA) is 83.6 Å². The first-order chi connectivity index (χ1) is 18.0. The number of nitrogens with zero attached hydrogens (tertiary/aromatic N) is 2. The molecule has 2 N–H and O–H groups in total. The minimum atomic E-state index is -0.515. The lowest BCUT2D eigenvalue weighted by Crippen LogP contribution is -2.54. The van der Waals surface area contributed by atoms with E-state index in [-0.39, 0.29) is 34.6 Å². The number of anilines is 1. The van der Waals surface area contributed by atoms with Crippen molar-refractivity contribution in [1.82, 2.24) is 15.2 Å². The van der Waals surface area contributed by atoms with Gasteiger partial charge >= 0.3 is 0 Å². The number of hydrogen-bond acceptors (Lipinski definition) is 6. The van der Waals surface area contributed by atoms with Crippen LogP contribution in [-0.4, -0.2) is 52.4 Å². The van der Waals surface area contributed by atoms with Crippen molar-refractivity contribution in [1.29, 1.82) is 0 Å². The molecule has 4 atom stereocenters. The fraction of sp³-hybridized carbons (Fsp3) is 0.536. The second-order valence-corrected chi connectivity index (χ2v) is 12.1. The molecular weight excluding hydrogens is 552 g/mol. The van der Waals surface area contributed by atoms with E-state index in [0.717, 1.165) is 59.6 Å². The van der Waals surface area contributed by atoms with Crippen molar-refractivity contribution in [3.63, 3.8) is 0 Å². The van der Waals surface area contributed by atoms with Gasteiger partial charge in [-0.05, 0) is 50.2 Å². The Morgan fingerprint density at radius 1 is 1.27 bits per heavy atom. The summed E-state index contributed by atoms with van der Waals surface area (Å²) in [5, 5.41) is 9.63. The average molecular weight is 588 g/mol. The summed E-state index contributed by atoms with van der Waals surface area (Å²) < 4.78 is 5.55. The van der Waals surface area contributed by atoms with E-state index in [1.165, 1.54) is 0 Å². The van der Waals surface area contributed by atoms with Gasteiger partial charge in [0.1, 0.15) is 16.0 Å². The van der Waals surface area contributed by atoms with E-state index in [0.29, 0.717) is 19.8 Å². The smallest absolute Gasteiger partial charge is 0.246 e. The van der Waals surface area contributed by atoms with Crippen molar-refractivity contribution in [3.05, 3.63) is 52.0 Å². The highest BCUT2D eigenvalue weighted by molar-refractivity contribution is 9.09. The van der Waals surface area contributed by atoms with Crippen LogP contribution in [0.25, 0.3) is 5.57 Å². The maximum atomic E-state index is 14.0. The molecule has 9 heteroatoms. The zero-order valence-corrected chi connectivity index (χ0v) is 23.8. The van der Waals surface area contributed by atoms with Crippen LogP contribution in [-0.2, 0) is 14.3 Å². The van der Waals surface area contributed by atoms with Crippen molar-refractivity contribution in [2.75, 3.05) is 25.1 Å². The quantitative estimate of drug-likeness (QED) is 0.338. The standard InChI is InChI=1S/C28H35BrN4O3S/c1-3-17(2)26(34)32-25(18-10-13-36-14-11-18)28(35)33-12-6-9-23(33)27-31-22(16-37-27)20-15-24(29)30-21-8-5-4-7-19(20)21/h4-5,7-8,15-18,23-25,30H,3,6,9-14H2,1-2H3,(H,32,34)/t17-,23+,24?,25+/m1/s1. The zero-order valence-electron chi connectivity index (χ0n) is 21.4. The van der Waals surface area contributed by atoms with Gasteiger partial charge in [-0.2, -0.15) is 0 Å². The van der Waals surface area contributed by atoms with Gasteiger partial charge in [-0.25, -0.2) is 4.98 Å². The number of nitrogens with one attached hydrogen (secondary N) is 2. The molecule has 1 unspecified atom stereocenters. The van der Waals surface area contributed by atoms with Gasteiger partial charge in [-0.15, -0.1) is 11.3 Å². The molecular formula is C28H35BrN4O3S. The molecule has 0 radical (unpaired) electrons. The molecule has 0 saturated carbocycles. The molecule has 2 aromatic rings. The number of carbonyl (C=O) groups is 2. The summed E-state index contributed by atoms with van der Waals surface area (Å²) in [6, 6.07) is 7.67. The molecule has 0 bridgehead atoms. The third-order valence-corrected chi connectivity index (χ3v) is 9.24. The summed E-state index contributed by atoms with van der Waals surface area (Å²) in [6.45, 7) is 5.87. The molecule has 0 spiro atoms. The molecule has 1 aromatic heterocycles. The highest BCUT2D eigenvalue weighted by atomic mass is 79.9. The van der Waals surface area contributed by atoms with Crippen LogP contribution >= 0.6 is 27.3 Å². The van der Waals surface area contributed by atoms with Crippen molar-refractivity contribution >= 4 is 50.3 Å². The molecule has 5 rings (SSSR count). The Kier molecular flexibility index (Phi) is 8.31. The maximum Gasteiger partial charge on any atom is 0.246 e. The van der Waals surface area contributed by atoms with E-state index >= 15 is 0 Å². The second kappa shape index (κ2) is 11.7. The van der Waals surface area contributed by atoms with Crippen LogP contribution in [0.1, 0.15) is 68.3 Å². The molecule has 2 saturated heterocycles. The first-order valence-corrected chi connectivity index (χ1v) is 15.1. The fourth-order valence-electron chi connectivity index (χ4n) is 5.44. The Labute approximate surface area is 231 Å². The lowest BCUT2D eigenvalue weighted by Gasteiger charge is -2.35. The summed E-state index contributed by atoms with van der Waals surface area (Å²) >= 11 is 5.30. The molecule has 7 nitrogen and oxygen atoms in total. The van der Waals surface area contributed by atoms with Crippen molar-refractivity contribution in [3.8, 4) is 0 Å². The van der Waals surface area contributed by atoms with E-state index in [4.69, 9.17) is 9.72 Å². The second-order valence-electron chi connectivity index (χ2n) is 10.2.